The smallest absolute Gasteiger partial charge is 0.273 e. The second-order valence-electron chi connectivity index (χ2n) is 7.61. The van der Waals surface area contributed by atoms with Gasteiger partial charge in [-0.25, -0.2) is 0 Å². The summed E-state index contributed by atoms with van der Waals surface area (Å²) in [6.07, 6.45) is 0.678. The average molecular weight is 453 g/mol. The van der Waals surface area contributed by atoms with Crippen molar-refractivity contribution in [2.75, 3.05) is 41.6 Å². The third-order valence-corrected chi connectivity index (χ3v) is 5.79. The molecule has 0 aliphatic carbocycles. The molecule has 1 aliphatic heterocycles. The summed E-state index contributed by atoms with van der Waals surface area (Å²) in [7, 11) is 6.28. The molecule has 0 fully saturated rings. The standard InChI is InChI=1S/C24H27N3O6/c1-30-11-5-10-27-23(15-6-8-16(28)18(13-15)32-3)20-21(25-26-22(20)24(27)29)14-7-9-17(31-2)19(12-14)33-4/h6-9,12-13,23,28H,5,10-11H2,1-4H3,(H,25,26). The van der Waals surface area contributed by atoms with Crippen LogP contribution in [0.3, 0.4) is 0 Å². The number of hydrogen-bond acceptors (Lipinski definition) is 7. The van der Waals surface area contributed by atoms with Gasteiger partial charge in [-0.15, -0.1) is 0 Å². The minimum atomic E-state index is -0.416. The van der Waals surface area contributed by atoms with Crippen LogP contribution < -0.4 is 14.2 Å². The number of nitrogens with one attached hydrogen (secondary N) is 1. The molecule has 1 atom stereocenters. The Hall–Kier alpha value is -3.72. The van der Waals surface area contributed by atoms with Crippen LogP contribution in [-0.2, 0) is 4.74 Å². The Morgan fingerprint density at radius 1 is 1.00 bits per heavy atom. The van der Waals surface area contributed by atoms with Crippen molar-refractivity contribution in [3.05, 3.63) is 53.2 Å². The van der Waals surface area contributed by atoms with Crippen LogP contribution in [0.2, 0.25) is 0 Å². The molecule has 0 spiro atoms. The molecule has 0 saturated heterocycles. The summed E-state index contributed by atoms with van der Waals surface area (Å²) in [5, 5.41) is 17.5. The zero-order valence-electron chi connectivity index (χ0n) is 19.0. The van der Waals surface area contributed by atoms with E-state index < -0.39 is 6.04 Å². The third-order valence-electron chi connectivity index (χ3n) is 5.79. The predicted molar refractivity (Wildman–Crippen MR) is 121 cm³/mol. The van der Waals surface area contributed by atoms with Crippen molar-refractivity contribution in [2.24, 2.45) is 0 Å². The first-order valence-corrected chi connectivity index (χ1v) is 10.5. The molecule has 9 nitrogen and oxygen atoms in total. The number of phenolic OH excluding ortho intramolecular Hbond substituents is 1. The number of hydrogen-bond donors (Lipinski definition) is 2. The SMILES string of the molecule is COCCCN1C(=O)c2[nH]nc(-c3ccc(OC)c(OC)c3)c2C1c1ccc(O)c(OC)c1. The molecule has 2 heterocycles. The van der Waals surface area contributed by atoms with Crippen molar-refractivity contribution < 1.29 is 28.8 Å². The lowest BCUT2D eigenvalue weighted by molar-refractivity contribution is 0.0723. The van der Waals surface area contributed by atoms with Crippen molar-refractivity contribution in [2.45, 2.75) is 12.5 Å². The summed E-state index contributed by atoms with van der Waals surface area (Å²) >= 11 is 0. The molecule has 0 radical (unpaired) electrons. The highest BCUT2D eigenvalue weighted by atomic mass is 16.5. The van der Waals surface area contributed by atoms with Crippen LogP contribution in [-0.4, -0.2) is 67.7 Å². The molecule has 3 aromatic rings. The topological polar surface area (TPSA) is 106 Å². The second kappa shape index (κ2) is 9.41. The fourth-order valence-electron chi connectivity index (χ4n) is 4.22. The average Bonchev–Trinajstić information content (AvgIpc) is 3.38. The Balaban J connectivity index is 1.85. The van der Waals surface area contributed by atoms with E-state index in [1.54, 1.807) is 50.5 Å². The lowest BCUT2D eigenvalue weighted by atomic mass is 9.95. The Labute approximate surface area is 191 Å². The predicted octanol–water partition coefficient (Wildman–Crippen LogP) is 3.39. The number of nitrogens with zero attached hydrogens (tertiary/aromatic N) is 2. The third kappa shape index (κ3) is 3.95. The first-order valence-electron chi connectivity index (χ1n) is 10.5. The van der Waals surface area contributed by atoms with Gasteiger partial charge in [0.15, 0.2) is 23.0 Å². The van der Waals surface area contributed by atoms with Gasteiger partial charge in [0.25, 0.3) is 5.91 Å². The number of rotatable bonds is 9. The van der Waals surface area contributed by atoms with E-state index in [4.69, 9.17) is 18.9 Å². The van der Waals surface area contributed by atoms with Crippen molar-refractivity contribution in [1.29, 1.82) is 0 Å². The van der Waals surface area contributed by atoms with Gasteiger partial charge in [0, 0.05) is 31.4 Å². The minimum absolute atomic E-state index is 0.0315. The van der Waals surface area contributed by atoms with E-state index in [0.717, 1.165) is 16.7 Å². The zero-order chi connectivity index (χ0) is 23.5. The number of aromatic amines is 1. The summed E-state index contributed by atoms with van der Waals surface area (Å²) in [6, 6.07) is 10.2. The molecular weight excluding hydrogens is 426 g/mol. The van der Waals surface area contributed by atoms with Crippen molar-refractivity contribution >= 4 is 5.91 Å². The molecule has 33 heavy (non-hydrogen) atoms. The fourth-order valence-corrected chi connectivity index (χ4v) is 4.22. The van der Waals surface area contributed by atoms with Crippen molar-refractivity contribution in [1.82, 2.24) is 15.1 Å². The fraction of sp³-hybridized carbons (Fsp3) is 0.333. The molecule has 4 rings (SSSR count). The summed E-state index contributed by atoms with van der Waals surface area (Å²) in [5.74, 6) is 1.39. The first-order chi connectivity index (χ1) is 16.0. The number of benzene rings is 2. The van der Waals surface area contributed by atoms with Gasteiger partial charge in [-0.2, -0.15) is 5.10 Å². The van der Waals surface area contributed by atoms with Gasteiger partial charge >= 0.3 is 0 Å². The van der Waals surface area contributed by atoms with Gasteiger partial charge in [-0.1, -0.05) is 6.07 Å². The Morgan fingerprint density at radius 3 is 2.45 bits per heavy atom. The number of carbonyl (C=O) groups excluding carboxylic acids is 1. The molecule has 174 valence electrons. The van der Waals surface area contributed by atoms with E-state index >= 15 is 0 Å². The number of methoxy groups -OCH3 is 4. The van der Waals surface area contributed by atoms with Crippen LogP contribution in [0, 0.1) is 0 Å². The molecule has 1 unspecified atom stereocenters. The molecular formula is C24H27N3O6. The molecule has 1 aliphatic rings. The number of aromatic nitrogens is 2. The molecule has 2 aromatic carbocycles. The van der Waals surface area contributed by atoms with Crippen LogP contribution in [0.1, 0.15) is 34.1 Å². The highest BCUT2D eigenvalue weighted by molar-refractivity contribution is 6.00. The zero-order valence-corrected chi connectivity index (χ0v) is 19.0. The Morgan fingerprint density at radius 2 is 1.76 bits per heavy atom. The highest BCUT2D eigenvalue weighted by Gasteiger charge is 2.42. The van der Waals surface area contributed by atoms with E-state index in [1.165, 1.54) is 7.11 Å². The van der Waals surface area contributed by atoms with E-state index in [-0.39, 0.29) is 11.7 Å². The van der Waals surface area contributed by atoms with Crippen molar-refractivity contribution in [3.8, 4) is 34.3 Å². The number of aromatic hydroxyl groups is 1. The normalized spacial score (nSPS) is 15.0. The lowest BCUT2D eigenvalue weighted by Crippen LogP contribution is -2.31. The molecule has 0 saturated carbocycles. The van der Waals surface area contributed by atoms with Gasteiger partial charge in [0.1, 0.15) is 5.69 Å². The maximum Gasteiger partial charge on any atom is 0.273 e. The van der Waals surface area contributed by atoms with E-state index in [9.17, 15) is 9.90 Å². The number of ether oxygens (including phenoxy) is 4. The summed E-state index contributed by atoms with van der Waals surface area (Å²) in [6.45, 7) is 1.03. The van der Waals surface area contributed by atoms with Gasteiger partial charge < -0.3 is 29.0 Å². The second-order valence-corrected chi connectivity index (χ2v) is 7.61. The summed E-state index contributed by atoms with van der Waals surface area (Å²) in [5.41, 5.74) is 3.43. The molecule has 0 bridgehead atoms. The minimum Gasteiger partial charge on any atom is -0.504 e. The van der Waals surface area contributed by atoms with Crippen LogP contribution >= 0.6 is 0 Å². The quantitative estimate of drug-likeness (QED) is 0.478. The number of fused-ring (bicyclic) bond motifs is 1. The van der Waals surface area contributed by atoms with E-state index in [0.29, 0.717) is 48.2 Å². The van der Waals surface area contributed by atoms with Crippen LogP contribution in [0.25, 0.3) is 11.3 Å². The number of H-pyrrole nitrogens is 1. The van der Waals surface area contributed by atoms with Crippen molar-refractivity contribution in [3.63, 3.8) is 0 Å². The molecule has 9 heteroatoms. The molecule has 1 amide bonds. The van der Waals surface area contributed by atoms with Gasteiger partial charge in [0.05, 0.1) is 33.1 Å². The maximum atomic E-state index is 13.4. The van der Waals surface area contributed by atoms with Crippen LogP contribution in [0.4, 0.5) is 0 Å². The van der Waals surface area contributed by atoms with E-state index in [1.807, 2.05) is 12.1 Å². The monoisotopic (exact) mass is 453 g/mol. The first kappa shape index (κ1) is 22.5. The van der Waals surface area contributed by atoms with E-state index in [2.05, 4.69) is 10.2 Å². The summed E-state index contributed by atoms with van der Waals surface area (Å²) < 4.78 is 21.3. The van der Waals surface area contributed by atoms with Gasteiger partial charge in [-0.05, 0) is 42.3 Å². The largest absolute Gasteiger partial charge is 0.504 e. The Kier molecular flexibility index (Phi) is 6.41. The molecule has 1 aromatic heterocycles. The summed E-state index contributed by atoms with van der Waals surface area (Å²) in [4.78, 5) is 15.1. The van der Waals surface area contributed by atoms with Gasteiger partial charge in [0.2, 0.25) is 0 Å². The number of phenols is 1. The van der Waals surface area contributed by atoms with Crippen LogP contribution in [0.5, 0.6) is 23.0 Å². The number of amides is 1. The van der Waals surface area contributed by atoms with Crippen LogP contribution in [0.15, 0.2) is 36.4 Å². The maximum absolute atomic E-state index is 13.4. The van der Waals surface area contributed by atoms with Gasteiger partial charge in [-0.3, -0.25) is 9.89 Å². The lowest BCUT2D eigenvalue weighted by Gasteiger charge is -2.26. The number of carbonyl (C=O) groups is 1. The molecule has 2 N–H and O–H groups in total. The Bertz CT molecular complexity index is 1160. The highest BCUT2D eigenvalue weighted by Crippen LogP contribution is 2.45.